The van der Waals surface area contributed by atoms with Gasteiger partial charge in [-0.25, -0.2) is 0 Å². The molecule has 0 fully saturated rings. The van der Waals surface area contributed by atoms with Gasteiger partial charge >= 0.3 is 11.9 Å². The second kappa shape index (κ2) is 23.2. The number of ether oxygens (including phenoxy) is 6. The molecule has 4 aromatic rings. The van der Waals surface area contributed by atoms with E-state index in [1.54, 1.807) is 39.5 Å². The standard InChI is InChI=1S/C21H27NO4.C21H24O5/c2*1-24-19-13-12-17(14-20(19)25-2)18(22)10-6-7-11-21(23)26-15-16-8-4-3-5-9-16/h3-5,8-9,12-14,18H,6-7,10-11,15,22H2,1-2H3;3-5,8-9,12-14H,6-7,10-11,15H2,1-2H3/t18-;/m1./s1. The Bertz CT molecular complexity index is 1660. The van der Waals surface area contributed by atoms with Gasteiger partial charge in [0.2, 0.25) is 0 Å². The van der Waals surface area contributed by atoms with Gasteiger partial charge < -0.3 is 34.2 Å². The zero-order valence-electron chi connectivity index (χ0n) is 30.6. The quantitative estimate of drug-likeness (QED) is 0.0543. The average Bonchev–Trinajstić information content (AvgIpc) is 3.19. The summed E-state index contributed by atoms with van der Waals surface area (Å²) in [5.74, 6) is 2.08. The Labute approximate surface area is 307 Å². The maximum absolute atomic E-state index is 12.3. The van der Waals surface area contributed by atoms with Crippen molar-refractivity contribution in [3.05, 3.63) is 119 Å². The zero-order valence-corrected chi connectivity index (χ0v) is 30.6. The van der Waals surface area contributed by atoms with Gasteiger partial charge in [0.05, 0.1) is 28.4 Å². The van der Waals surface area contributed by atoms with Crippen LogP contribution in [0.5, 0.6) is 23.0 Å². The number of ketones is 1. The summed E-state index contributed by atoms with van der Waals surface area (Å²) in [4.78, 5) is 35.8. The maximum Gasteiger partial charge on any atom is 0.306 e. The van der Waals surface area contributed by atoms with Crippen LogP contribution in [0.4, 0.5) is 0 Å². The lowest BCUT2D eigenvalue weighted by Crippen LogP contribution is -2.11. The fraction of sp³-hybridized carbons (Fsp3) is 0.357. The van der Waals surface area contributed by atoms with Crippen molar-refractivity contribution in [1.29, 1.82) is 0 Å². The third-order valence-electron chi connectivity index (χ3n) is 8.21. The smallest absolute Gasteiger partial charge is 0.306 e. The first kappa shape index (κ1) is 41.1. The van der Waals surface area contributed by atoms with Crippen molar-refractivity contribution in [3.63, 3.8) is 0 Å². The minimum absolute atomic E-state index is 0.0172. The Morgan fingerprint density at radius 1 is 0.538 bits per heavy atom. The van der Waals surface area contributed by atoms with E-state index >= 15 is 0 Å². The number of unbranched alkanes of at least 4 members (excludes halogenated alkanes) is 2. The molecule has 4 aromatic carbocycles. The summed E-state index contributed by atoms with van der Waals surface area (Å²) in [6.45, 7) is 0.606. The summed E-state index contributed by atoms with van der Waals surface area (Å²) in [6, 6.07) is 29.9. The van der Waals surface area contributed by atoms with Crippen LogP contribution >= 0.6 is 0 Å². The van der Waals surface area contributed by atoms with Crippen LogP contribution in [0.15, 0.2) is 97.1 Å². The molecule has 278 valence electrons. The van der Waals surface area contributed by atoms with Crippen molar-refractivity contribution in [2.24, 2.45) is 5.73 Å². The van der Waals surface area contributed by atoms with E-state index in [1.165, 1.54) is 7.11 Å². The van der Waals surface area contributed by atoms with Gasteiger partial charge in [0.1, 0.15) is 13.2 Å². The first-order chi connectivity index (χ1) is 25.3. The minimum atomic E-state index is -0.243. The minimum Gasteiger partial charge on any atom is -0.493 e. The molecule has 0 spiro atoms. The third-order valence-corrected chi connectivity index (χ3v) is 8.21. The van der Waals surface area contributed by atoms with Gasteiger partial charge in [-0.1, -0.05) is 73.2 Å². The highest BCUT2D eigenvalue weighted by Gasteiger charge is 2.13. The summed E-state index contributed by atoms with van der Waals surface area (Å²) in [5.41, 5.74) is 9.78. The number of esters is 2. The van der Waals surface area contributed by atoms with Crippen molar-refractivity contribution in [2.45, 2.75) is 70.6 Å². The first-order valence-corrected chi connectivity index (χ1v) is 17.4. The lowest BCUT2D eigenvalue weighted by molar-refractivity contribution is -0.146. The number of nitrogens with two attached hydrogens (primary N) is 1. The molecule has 10 nitrogen and oxygen atoms in total. The number of Topliss-reactive ketones (excluding diaryl/α,β-unsaturated/α-hetero) is 1. The van der Waals surface area contributed by atoms with Crippen molar-refractivity contribution in [3.8, 4) is 23.0 Å². The maximum atomic E-state index is 12.3. The molecule has 4 rings (SSSR count). The second-order valence-corrected chi connectivity index (χ2v) is 12.0. The largest absolute Gasteiger partial charge is 0.493 e. The van der Waals surface area contributed by atoms with Gasteiger partial charge in [-0.15, -0.1) is 0 Å². The Hall–Kier alpha value is -5.35. The molecule has 52 heavy (non-hydrogen) atoms. The fourth-order valence-electron chi connectivity index (χ4n) is 5.21. The fourth-order valence-corrected chi connectivity index (χ4v) is 5.21. The number of carbonyl (C=O) groups excluding carboxylic acids is 3. The molecule has 0 saturated carbocycles. The van der Waals surface area contributed by atoms with Crippen LogP contribution in [0.3, 0.4) is 0 Å². The molecule has 1 atom stereocenters. The number of hydrogen-bond donors (Lipinski definition) is 1. The number of hydrogen-bond acceptors (Lipinski definition) is 10. The van der Waals surface area contributed by atoms with E-state index in [9.17, 15) is 14.4 Å². The number of carbonyl (C=O) groups is 3. The van der Waals surface area contributed by atoms with E-state index in [2.05, 4.69) is 0 Å². The van der Waals surface area contributed by atoms with Gasteiger partial charge in [-0.2, -0.15) is 0 Å². The molecular formula is C42H51NO9. The summed E-state index contributed by atoms with van der Waals surface area (Å²) in [6.07, 6.45) is 4.76. The molecule has 0 radical (unpaired) electrons. The van der Waals surface area contributed by atoms with E-state index in [0.717, 1.165) is 36.0 Å². The molecule has 0 aliphatic carbocycles. The predicted octanol–water partition coefficient (Wildman–Crippen LogP) is 8.20. The Morgan fingerprint density at radius 2 is 1.00 bits per heavy atom. The monoisotopic (exact) mass is 713 g/mol. The molecular weight excluding hydrogens is 662 g/mol. The van der Waals surface area contributed by atoms with Gasteiger partial charge in [-0.05, 0) is 72.7 Å². The van der Waals surface area contributed by atoms with E-state index in [4.69, 9.17) is 34.2 Å². The third kappa shape index (κ3) is 14.5. The van der Waals surface area contributed by atoms with E-state index in [1.807, 2.05) is 78.9 Å². The molecule has 0 saturated heterocycles. The normalized spacial score (nSPS) is 10.9. The Kier molecular flexibility index (Phi) is 18.3. The molecule has 0 heterocycles. The summed E-state index contributed by atoms with van der Waals surface area (Å²) >= 11 is 0. The average molecular weight is 714 g/mol. The van der Waals surface area contributed by atoms with Crippen molar-refractivity contribution in [2.75, 3.05) is 28.4 Å². The number of methoxy groups -OCH3 is 4. The zero-order chi connectivity index (χ0) is 37.6. The van der Waals surface area contributed by atoms with Crippen LogP contribution in [0.2, 0.25) is 0 Å². The highest BCUT2D eigenvalue weighted by molar-refractivity contribution is 5.96. The van der Waals surface area contributed by atoms with Crippen LogP contribution in [0.25, 0.3) is 0 Å². The molecule has 10 heteroatoms. The molecule has 0 aliphatic rings. The number of benzene rings is 4. The first-order valence-electron chi connectivity index (χ1n) is 17.4. The van der Waals surface area contributed by atoms with Crippen LogP contribution in [0, 0.1) is 0 Å². The molecule has 0 aliphatic heterocycles. The van der Waals surface area contributed by atoms with Crippen molar-refractivity contribution < 1.29 is 42.8 Å². The van der Waals surface area contributed by atoms with Crippen molar-refractivity contribution >= 4 is 17.7 Å². The molecule has 0 unspecified atom stereocenters. The molecule has 0 bridgehead atoms. The van der Waals surface area contributed by atoms with Gasteiger partial charge in [0, 0.05) is 30.9 Å². The van der Waals surface area contributed by atoms with Gasteiger partial charge in [-0.3, -0.25) is 14.4 Å². The van der Waals surface area contributed by atoms with Crippen LogP contribution in [0.1, 0.15) is 84.5 Å². The highest BCUT2D eigenvalue weighted by Crippen LogP contribution is 2.31. The van der Waals surface area contributed by atoms with E-state index in [-0.39, 0.29) is 30.4 Å². The Balaban J connectivity index is 0.000000280. The molecule has 2 N–H and O–H groups in total. The SMILES string of the molecule is COc1ccc(C(=O)CCCCC(=O)OCc2ccccc2)cc1OC.COc1ccc([C@H](N)CCCCC(=O)OCc2ccccc2)cc1OC. The molecule has 0 amide bonds. The Morgan fingerprint density at radius 3 is 1.52 bits per heavy atom. The summed E-state index contributed by atoms with van der Waals surface area (Å²) < 4.78 is 31.4. The van der Waals surface area contributed by atoms with Crippen LogP contribution in [-0.4, -0.2) is 46.2 Å². The van der Waals surface area contributed by atoms with E-state index in [0.29, 0.717) is 67.3 Å². The highest BCUT2D eigenvalue weighted by atomic mass is 16.5. The van der Waals surface area contributed by atoms with Crippen LogP contribution < -0.4 is 24.7 Å². The lowest BCUT2D eigenvalue weighted by atomic mass is 10.0. The molecule has 0 aromatic heterocycles. The predicted molar refractivity (Wildman–Crippen MR) is 200 cm³/mol. The second-order valence-electron chi connectivity index (χ2n) is 12.0. The van der Waals surface area contributed by atoms with Crippen LogP contribution in [-0.2, 0) is 32.3 Å². The summed E-state index contributed by atoms with van der Waals surface area (Å²) in [7, 11) is 6.30. The number of rotatable bonds is 20. The summed E-state index contributed by atoms with van der Waals surface area (Å²) in [5, 5.41) is 0. The van der Waals surface area contributed by atoms with E-state index < -0.39 is 0 Å². The topological polar surface area (TPSA) is 133 Å². The van der Waals surface area contributed by atoms with Crippen molar-refractivity contribution in [1.82, 2.24) is 0 Å². The van der Waals surface area contributed by atoms with Gasteiger partial charge in [0.25, 0.3) is 0 Å². The lowest BCUT2D eigenvalue weighted by Gasteiger charge is -2.15. The van der Waals surface area contributed by atoms with Gasteiger partial charge in [0.15, 0.2) is 28.8 Å².